The summed E-state index contributed by atoms with van der Waals surface area (Å²) in [6.07, 6.45) is 1.77. The monoisotopic (exact) mass is 382 g/mol. The Morgan fingerprint density at radius 3 is 2.62 bits per heavy atom. The zero-order valence-electron chi connectivity index (χ0n) is 13.9. The summed E-state index contributed by atoms with van der Waals surface area (Å²) in [5, 5.41) is 7.53. The van der Waals surface area contributed by atoms with Crippen molar-refractivity contribution in [1.29, 1.82) is 0 Å². The quantitative estimate of drug-likeness (QED) is 0.498. The molecule has 0 aliphatic heterocycles. The lowest BCUT2D eigenvalue weighted by Crippen LogP contribution is -1.99. The molecule has 4 aromatic rings. The van der Waals surface area contributed by atoms with E-state index in [0.29, 0.717) is 22.7 Å². The number of nitrogens with one attached hydrogen (secondary N) is 1. The van der Waals surface area contributed by atoms with Gasteiger partial charge in [-0.15, -0.1) is 11.3 Å². The van der Waals surface area contributed by atoms with E-state index in [1.54, 1.807) is 6.20 Å². The maximum atomic E-state index is 5.89. The van der Waals surface area contributed by atoms with Gasteiger partial charge in [0.2, 0.25) is 5.82 Å². The van der Waals surface area contributed by atoms with E-state index in [9.17, 15) is 0 Å². The molecular weight excluding hydrogens is 368 g/mol. The van der Waals surface area contributed by atoms with Gasteiger partial charge in [0, 0.05) is 22.3 Å². The average molecular weight is 383 g/mol. The Bertz CT molecular complexity index is 1040. The SMILES string of the molecule is Cc1ccccc1-c1noc(-c2ccccc2NCc2cnc(Cl)s2)n1. The number of halogens is 1. The number of hydrogen-bond acceptors (Lipinski definition) is 6. The Hall–Kier alpha value is -2.70. The van der Waals surface area contributed by atoms with Gasteiger partial charge in [-0.1, -0.05) is 53.2 Å². The van der Waals surface area contributed by atoms with E-state index in [1.807, 2.05) is 55.5 Å². The van der Waals surface area contributed by atoms with Gasteiger partial charge in [0.25, 0.3) is 5.89 Å². The third-order valence-corrected chi connectivity index (χ3v) is 5.06. The van der Waals surface area contributed by atoms with Crippen molar-refractivity contribution < 1.29 is 4.52 Å². The Kier molecular flexibility index (Phi) is 4.69. The van der Waals surface area contributed by atoms with Gasteiger partial charge >= 0.3 is 0 Å². The van der Waals surface area contributed by atoms with Crippen LogP contribution >= 0.6 is 22.9 Å². The number of hydrogen-bond donors (Lipinski definition) is 1. The first kappa shape index (κ1) is 16.8. The Balaban J connectivity index is 1.61. The molecule has 5 nitrogen and oxygen atoms in total. The molecule has 0 fully saturated rings. The van der Waals surface area contributed by atoms with Crippen LogP contribution in [0.2, 0.25) is 4.47 Å². The Morgan fingerprint density at radius 2 is 1.85 bits per heavy atom. The van der Waals surface area contributed by atoms with Crippen molar-refractivity contribution >= 4 is 28.6 Å². The first-order chi connectivity index (χ1) is 12.7. The van der Waals surface area contributed by atoms with Gasteiger partial charge < -0.3 is 9.84 Å². The summed E-state index contributed by atoms with van der Waals surface area (Å²) in [7, 11) is 0. The van der Waals surface area contributed by atoms with Crippen LogP contribution < -0.4 is 5.32 Å². The van der Waals surface area contributed by atoms with Crippen LogP contribution in [0.15, 0.2) is 59.3 Å². The predicted molar refractivity (Wildman–Crippen MR) is 104 cm³/mol. The standard InChI is InChI=1S/C19H15ClN4OS/c1-12-6-2-3-7-14(12)17-23-18(25-24-17)15-8-4-5-9-16(15)21-10-13-11-22-19(20)26-13/h2-9,11,21H,10H2,1H3. The summed E-state index contributed by atoms with van der Waals surface area (Å²) in [6, 6.07) is 15.8. The molecule has 0 aliphatic rings. The molecule has 0 bridgehead atoms. The Morgan fingerprint density at radius 1 is 1.08 bits per heavy atom. The highest BCUT2D eigenvalue weighted by molar-refractivity contribution is 7.15. The van der Waals surface area contributed by atoms with Gasteiger partial charge in [0.1, 0.15) is 0 Å². The number of para-hydroxylation sites is 1. The molecule has 2 heterocycles. The molecule has 2 aromatic heterocycles. The molecule has 7 heteroatoms. The number of rotatable bonds is 5. The lowest BCUT2D eigenvalue weighted by Gasteiger charge is -2.08. The first-order valence-electron chi connectivity index (χ1n) is 8.04. The summed E-state index contributed by atoms with van der Waals surface area (Å²) in [6.45, 7) is 2.65. The molecule has 0 spiro atoms. The molecule has 1 N–H and O–H groups in total. The second kappa shape index (κ2) is 7.27. The highest BCUT2D eigenvalue weighted by atomic mass is 35.5. The van der Waals surface area contributed by atoms with Crippen LogP contribution in [0.4, 0.5) is 5.69 Å². The topological polar surface area (TPSA) is 63.8 Å². The van der Waals surface area contributed by atoms with Crippen molar-refractivity contribution in [3.05, 3.63) is 69.6 Å². The van der Waals surface area contributed by atoms with Crippen LogP contribution in [0.5, 0.6) is 0 Å². The molecule has 0 saturated carbocycles. The van der Waals surface area contributed by atoms with E-state index in [4.69, 9.17) is 16.1 Å². The lowest BCUT2D eigenvalue weighted by atomic mass is 10.1. The minimum Gasteiger partial charge on any atom is -0.379 e. The van der Waals surface area contributed by atoms with Crippen LogP contribution in [-0.4, -0.2) is 15.1 Å². The molecule has 0 amide bonds. The maximum absolute atomic E-state index is 5.89. The van der Waals surface area contributed by atoms with Crippen molar-refractivity contribution in [1.82, 2.24) is 15.1 Å². The number of benzene rings is 2. The van der Waals surface area contributed by atoms with Crippen molar-refractivity contribution in [2.75, 3.05) is 5.32 Å². The zero-order valence-corrected chi connectivity index (χ0v) is 15.5. The molecule has 130 valence electrons. The Labute approximate surface area is 159 Å². The van der Waals surface area contributed by atoms with E-state index >= 15 is 0 Å². The first-order valence-corrected chi connectivity index (χ1v) is 9.23. The zero-order chi connectivity index (χ0) is 17.9. The minimum absolute atomic E-state index is 0.480. The molecule has 4 rings (SSSR count). The highest BCUT2D eigenvalue weighted by Gasteiger charge is 2.15. The summed E-state index contributed by atoms with van der Waals surface area (Å²) >= 11 is 7.34. The number of anilines is 1. The molecule has 0 radical (unpaired) electrons. The number of aromatic nitrogens is 3. The minimum atomic E-state index is 0.480. The van der Waals surface area contributed by atoms with Gasteiger partial charge in [0.15, 0.2) is 4.47 Å². The fraction of sp³-hybridized carbons (Fsp3) is 0.105. The molecule has 0 saturated heterocycles. The number of nitrogens with zero attached hydrogens (tertiary/aromatic N) is 3. The van der Waals surface area contributed by atoms with E-state index in [0.717, 1.165) is 27.3 Å². The molecule has 0 unspecified atom stereocenters. The van der Waals surface area contributed by atoms with Crippen molar-refractivity contribution in [3.63, 3.8) is 0 Å². The molecular formula is C19H15ClN4OS. The summed E-state index contributed by atoms with van der Waals surface area (Å²) < 4.78 is 6.06. The van der Waals surface area contributed by atoms with Gasteiger partial charge in [0.05, 0.1) is 12.1 Å². The molecule has 2 aromatic carbocycles. The fourth-order valence-electron chi connectivity index (χ4n) is 2.64. The smallest absolute Gasteiger partial charge is 0.260 e. The van der Waals surface area contributed by atoms with E-state index in [2.05, 4.69) is 20.4 Å². The highest BCUT2D eigenvalue weighted by Crippen LogP contribution is 2.30. The van der Waals surface area contributed by atoms with Crippen molar-refractivity contribution in [3.8, 4) is 22.8 Å². The molecule has 26 heavy (non-hydrogen) atoms. The van der Waals surface area contributed by atoms with Gasteiger partial charge in [-0.3, -0.25) is 0 Å². The van der Waals surface area contributed by atoms with Crippen LogP contribution in [-0.2, 0) is 6.54 Å². The van der Waals surface area contributed by atoms with Gasteiger partial charge in [-0.2, -0.15) is 4.98 Å². The second-order valence-corrected chi connectivity index (χ2v) is 7.41. The fourth-order valence-corrected chi connectivity index (χ4v) is 3.56. The van der Waals surface area contributed by atoms with Crippen LogP contribution in [0.25, 0.3) is 22.8 Å². The van der Waals surface area contributed by atoms with Crippen LogP contribution in [0.3, 0.4) is 0 Å². The third kappa shape index (κ3) is 3.47. The van der Waals surface area contributed by atoms with Gasteiger partial charge in [-0.05, 0) is 24.6 Å². The van der Waals surface area contributed by atoms with Crippen molar-refractivity contribution in [2.24, 2.45) is 0 Å². The summed E-state index contributed by atoms with van der Waals surface area (Å²) in [4.78, 5) is 9.69. The van der Waals surface area contributed by atoms with E-state index in [-0.39, 0.29) is 0 Å². The summed E-state index contributed by atoms with van der Waals surface area (Å²) in [5.41, 5.74) is 3.84. The molecule has 0 aliphatic carbocycles. The van der Waals surface area contributed by atoms with Gasteiger partial charge in [-0.25, -0.2) is 4.98 Å². The molecule has 0 atom stereocenters. The second-order valence-electron chi connectivity index (χ2n) is 5.72. The normalized spacial score (nSPS) is 10.8. The van der Waals surface area contributed by atoms with E-state index < -0.39 is 0 Å². The average Bonchev–Trinajstić information content (AvgIpc) is 3.30. The van der Waals surface area contributed by atoms with Crippen LogP contribution in [0, 0.1) is 6.92 Å². The predicted octanol–water partition coefficient (Wildman–Crippen LogP) is 5.43. The number of aryl methyl sites for hydroxylation is 1. The lowest BCUT2D eigenvalue weighted by molar-refractivity contribution is 0.432. The summed E-state index contributed by atoms with van der Waals surface area (Å²) in [5.74, 6) is 1.07. The largest absolute Gasteiger partial charge is 0.379 e. The third-order valence-electron chi connectivity index (χ3n) is 3.95. The van der Waals surface area contributed by atoms with Crippen molar-refractivity contribution in [2.45, 2.75) is 13.5 Å². The van der Waals surface area contributed by atoms with Crippen LogP contribution in [0.1, 0.15) is 10.4 Å². The maximum Gasteiger partial charge on any atom is 0.260 e. The number of thiazole rings is 1. The van der Waals surface area contributed by atoms with E-state index in [1.165, 1.54) is 11.3 Å².